The van der Waals surface area contributed by atoms with E-state index in [0.29, 0.717) is 11.7 Å². The van der Waals surface area contributed by atoms with Crippen molar-refractivity contribution in [3.05, 3.63) is 36.5 Å². The van der Waals surface area contributed by atoms with Crippen molar-refractivity contribution >= 4 is 5.57 Å². The van der Waals surface area contributed by atoms with Crippen LogP contribution in [0.1, 0.15) is 31.5 Å². The predicted octanol–water partition coefficient (Wildman–Crippen LogP) is 2.18. The molecule has 2 aromatic rings. The maximum atomic E-state index is 5.66. The SMILES string of the molecule is C=C(C)c1cc(-c2noc([C@H](C)N)n2)ccn1. The summed E-state index contributed by atoms with van der Waals surface area (Å²) in [5.41, 5.74) is 8.21. The van der Waals surface area contributed by atoms with Crippen molar-refractivity contribution in [3.8, 4) is 11.4 Å². The van der Waals surface area contributed by atoms with Gasteiger partial charge in [0, 0.05) is 11.8 Å². The molecular weight excluding hydrogens is 216 g/mol. The van der Waals surface area contributed by atoms with Crippen molar-refractivity contribution < 1.29 is 4.52 Å². The van der Waals surface area contributed by atoms with Gasteiger partial charge in [-0.2, -0.15) is 4.98 Å². The first-order valence-corrected chi connectivity index (χ1v) is 5.29. The zero-order chi connectivity index (χ0) is 12.4. The van der Waals surface area contributed by atoms with Gasteiger partial charge in [0.05, 0.1) is 11.7 Å². The smallest absolute Gasteiger partial charge is 0.243 e. The van der Waals surface area contributed by atoms with Crippen molar-refractivity contribution in [2.75, 3.05) is 0 Å². The standard InChI is InChI=1S/C12H14N4O/c1-7(2)10-6-9(4-5-14-10)11-15-12(8(3)13)17-16-11/h4-6,8H,1,13H2,2-3H3/t8-/m0/s1. The van der Waals surface area contributed by atoms with E-state index in [1.807, 2.05) is 19.1 Å². The Balaban J connectivity index is 2.38. The molecule has 17 heavy (non-hydrogen) atoms. The van der Waals surface area contributed by atoms with E-state index in [2.05, 4.69) is 21.7 Å². The maximum absolute atomic E-state index is 5.66. The lowest BCUT2D eigenvalue weighted by Gasteiger charge is -1.99. The quantitative estimate of drug-likeness (QED) is 0.874. The van der Waals surface area contributed by atoms with E-state index in [4.69, 9.17) is 10.3 Å². The Morgan fingerprint density at radius 1 is 1.53 bits per heavy atom. The molecule has 2 N–H and O–H groups in total. The second kappa shape index (κ2) is 4.47. The first-order valence-electron chi connectivity index (χ1n) is 5.29. The average molecular weight is 230 g/mol. The summed E-state index contributed by atoms with van der Waals surface area (Å²) in [4.78, 5) is 8.42. The molecule has 2 heterocycles. The van der Waals surface area contributed by atoms with Gasteiger partial charge in [0.2, 0.25) is 11.7 Å². The third kappa shape index (κ3) is 2.39. The molecule has 5 heteroatoms. The number of allylic oxidation sites excluding steroid dienone is 1. The molecule has 0 fully saturated rings. The van der Waals surface area contributed by atoms with Crippen LogP contribution in [0.3, 0.4) is 0 Å². The molecule has 1 atom stereocenters. The minimum absolute atomic E-state index is 0.265. The summed E-state index contributed by atoms with van der Waals surface area (Å²) in [6, 6.07) is 3.43. The lowest BCUT2D eigenvalue weighted by atomic mass is 10.1. The molecule has 0 unspecified atom stereocenters. The number of nitrogens with two attached hydrogens (primary N) is 1. The predicted molar refractivity (Wildman–Crippen MR) is 64.8 cm³/mol. The first kappa shape index (κ1) is 11.5. The monoisotopic (exact) mass is 230 g/mol. The van der Waals surface area contributed by atoms with Crippen molar-refractivity contribution in [2.45, 2.75) is 19.9 Å². The molecule has 0 bridgehead atoms. The molecule has 0 aromatic carbocycles. The van der Waals surface area contributed by atoms with Gasteiger partial charge in [-0.1, -0.05) is 11.7 Å². The van der Waals surface area contributed by atoms with E-state index < -0.39 is 0 Å². The molecule has 0 aliphatic heterocycles. The van der Waals surface area contributed by atoms with Crippen LogP contribution in [0.2, 0.25) is 0 Å². The summed E-state index contributed by atoms with van der Waals surface area (Å²) in [6.07, 6.45) is 1.70. The largest absolute Gasteiger partial charge is 0.337 e. The number of hydrogen-bond acceptors (Lipinski definition) is 5. The van der Waals surface area contributed by atoms with Crippen LogP contribution in [0, 0.1) is 0 Å². The zero-order valence-electron chi connectivity index (χ0n) is 9.84. The van der Waals surface area contributed by atoms with Crippen LogP contribution >= 0.6 is 0 Å². The van der Waals surface area contributed by atoms with Crippen LogP contribution in [0.25, 0.3) is 17.0 Å². The van der Waals surface area contributed by atoms with Crippen LogP contribution in [0.15, 0.2) is 29.4 Å². The number of rotatable bonds is 3. The lowest BCUT2D eigenvalue weighted by molar-refractivity contribution is 0.362. The van der Waals surface area contributed by atoms with Gasteiger partial charge in [-0.25, -0.2) is 0 Å². The van der Waals surface area contributed by atoms with Gasteiger partial charge < -0.3 is 10.3 Å². The third-order valence-electron chi connectivity index (χ3n) is 2.29. The summed E-state index contributed by atoms with van der Waals surface area (Å²) < 4.78 is 5.05. The third-order valence-corrected chi connectivity index (χ3v) is 2.29. The fourth-order valence-corrected chi connectivity index (χ4v) is 1.34. The molecule has 0 saturated heterocycles. The van der Waals surface area contributed by atoms with Crippen molar-refractivity contribution in [3.63, 3.8) is 0 Å². The molecule has 5 nitrogen and oxygen atoms in total. The van der Waals surface area contributed by atoms with E-state index in [-0.39, 0.29) is 6.04 Å². The van der Waals surface area contributed by atoms with Gasteiger partial charge >= 0.3 is 0 Å². The molecule has 2 aromatic heterocycles. The number of aromatic nitrogens is 3. The fourth-order valence-electron chi connectivity index (χ4n) is 1.34. The summed E-state index contributed by atoms with van der Waals surface area (Å²) in [5, 5.41) is 3.88. The Morgan fingerprint density at radius 2 is 2.29 bits per heavy atom. The number of nitrogens with zero attached hydrogens (tertiary/aromatic N) is 3. The molecule has 0 spiro atoms. The second-order valence-electron chi connectivity index (χ2n) is 3.95. The maximum Gasteiger partial charge on any atom is 0.243 e. The Morgan fingerprint density at radius 3 is 2.88 bits per heavy atom. The minimum atomic E-state index is -0.265. The van der Waals surface area contributed by atoms with Gasteiger partial charge in [0.1, 0.15) is 0 Å². The Hall–Kier alpha value is -2.01. The summed E-state index contributed by atoms with van der Waals surface area (Å²) >= 11 is 0. The Bertz CT molecular complexity index is 545. The van der Waals surface area contributed by atoms with Crippen molar-refractivity contribution in [1.29, 1.82) is 0 Å². The Kier molecular flexibility index (Phi) is 3.01. The van der Waals surface area contributed by atoms with Gasteiger partial charge in [-0.05, 0) is 31.6 Å². The average Bonchev–Trinajstić information content (AvgIpc) is 2.78. The minimum Gasteiger partial charge on any atom is -0.337 e. The molecule has 2 rings (SSSR count). The highest BCUT2D eigenvalue weighted by molar-refractivity contribution is 5.64. The van der Waals surface area contributed by atoms with Crippen LogP contribution in [-0.4, -0.2) is 15.1 Å². The van der Waals surface area contributed by atoms with E-state index in [9.17, 15) is 0 Å². The highest BCUT2D eigenvalue weighted by atomic mass is 16.5. The van der Waals surface area contributed by atoms with E-state index >= 15 is 0 Å². The molecule has 0 amide bonds. The highest BCUT2D eigenvalue weighted by Gasteiger charge is 2.12. The van der Waals surface area contributed by atoms with Crippen LogP contribution in [0.5, 0.6) is 0 Å². The van der Waals surface area contributed by atoms with Crippen LogP contribution in [-0.2, 0) is 0 Å². The highest BCUT2D eigenvalue weighted by Crippen LogP contribution is 2.20. The zero-order valence-corrected chi connectivity index (χ0v) is 9.84. The number of pyridine rings is 1. The first-order chi connectivity index (χ1) is 8.08. The normalized spacial score (nSPS) is 12.4. The van der Waals surface area contributed by atoms with Crippen molar-refractivity contribution in [2.24, 2.45) is 5.73 Å². The second-order valence-corrected chi connectivity index (χ2v) is 3.95. The molecule has 0 radical (unpaired) electrons. The summed E-state index contributed by atoms with van der Waals surface area (Å²) in [5.74, 6) is 0.941. The number of hydrogen-bond donors (Lipinski definition) is 1. The van der Waals surface area contributed by atoms with Crippen LogP contribution < -0.4 is 5.73 Å². The van der Waals surface area contributed by atoms with Gasteiger partial charge in [0.15, 0.2) is 0 Å². The summed E-state index contributed by atoms with van der Waals surface area (Å²) in [7, 11) is 0. The molecule has 88 valence electrons. The molecular formula is C12H14N4O. The van der Waals surface area contributed by atoms with Gasteiger partial charge in [0.25, 0.3) is 0 Å². The van der Waals surface area contributed by atoms with E-state index in [1.165, 1.54) is 0 Å². The van der Waals surface area contributed by atoms with E-state index in [0.717, 1.165) is 16.8 Å². The van der Waals surface area contributed by atoms with Gasteiger partial charge in [-0.15, -0.1) is 0 Å². The molecule has 0 aliphatic rings. The summed E-state index contributed by atoms with van der Waals surface area (Å²) in [6.45, 7) is 7.54. The molecule has 0 aliphatic carbocycles. The lowest BCUT2D eigenvalue weighted by Crippen LogP contribution is -2.04. The van der Waals surface area contributed by atoms with Gasteiger partial charge in [-0.3, -0.25) is 4.98 Å². The van der Waals surface area contributed by atoms with Crippen LogP contribution in [0.4, 0.5) is 0 Å². The topological polar surface area (TPSA) is 77.8 Å². The van der Waals surface area contributed by atoms with E-state index in [1.54, 1.807) is 13.1 Å². The fraction of sp³-hybridized carbons (Fsp3) is 0.250. The molecule has 0 saturated carbocycles. The Labute approximate surface area is 99.4 Å². The van der Waals surface area contributed by atoms with Crippen molar-refractivity contribution in [1.82, 2.24) is 15.1 Å².